The second-order valence-corrected chi connectivity index (χ2v) is 18.8. The number of fused-ring (bicyclic) bond motifs is 1. The van der Waals surface area contributed by atoms with Gasteiger partial charge in [0.1, 0.15) is 0 Å². The Balaban J connectivity index is 0.00000200. The van der Waals surface area contributed by atoms with Gasteiger partial charge in [0.2, 0.25) is 0 Å². The van der Waals surface area contributed by atoms with Gasteiger partial charge in [-0.2, -0.15) is 0 Å². The van der Waals surface area contributed by atoms with Crippen LogP contribution in [-0.4, -0.2) is 5.92 Å². The molecule has 0 aromatic heterocycles. The molecular formula is C17H26I2SiZr. The Morgan fingerprint density at radius 2 is 1.71 bits per heavy atom. The van der Waals surface area contributed by atoms with Crippen molar-refractivity contribution in [3.63, 3.8) is 0 Å². The normalized spacial score (nSPS) is 15.6. The van der Waals surface area contributed by atoms with E-state index in [0.717, 1.165) is 3.63 Å². The zero-order chi connectivity index (χ0) is 13.7. The molecule has 0 spiro atoms. The molecule has 0 bridgehead atoms. The number of unbranched alkanes of at least 4 members (excludes halogenated alkanes) is 1. The first-order chi connectivity index (χ1) is 9.30. The summed E-state index contributed by atoms with van der Waals surface area (Å²) in [6.07, 6.45) is 6.59. The molecule has 116 valence electrons. The fourth-order valence-corrected chi connectivity index (χ4v) is 15.9. The minimum atomic E-state index is -0.347. The predicted octanol–water partition coefficient (Wildman–Crippen LogP) is -0.831. The fraction of sp³-hybridized carbons (Fsp3) is 0.529. The van der Waals surface area contributed by atoms with Crippen molar-refractivity contribution in [3.8, 4) is 0 Å². The van der Waals surface area contributed by atoms with E-state index in [4.69, 9.17) is 0 Å². The molecule has 1 aromatic carbocycles. The van der Waals surface area contributed by atoms with Crippen molar-refractivity contribution in [1.29, 1.82) is 0 Å². The quantitative estimate of drug-likeness (QED) is 0.282. The molecule has 4 heteroatoms. The fourth-order valence-electron chi connectivity index (χ4n) is 2.94. The van der Waals surface area contributed by atoms with Crippen LogP contribution in [-0.2, 0) is 22.4 Å². The molecule has 0 N–H and O–H groups in total. The van der Waals surface area contributed by atoms with Crippen LogP contribution in [0, 0.1) is 0 Å². The van der Waals surface area contributed by atoms with Crippen molar-refractivity contribution >= 4 is 12.0 Å². The molecule has 0 fully saturated rings. The van der Waals surface area contributed by atoms with Crippen LogP contribution in [0.1, 0.15) is 54.8 Å². The van der Waals surface area contributed by atoms with Gasteiger partial charge in [0.25, 0.3) is 0 Å². The van der Waals surface area contributed by atoms with Crippen molar-refractivity contribution in [2.24, 2.45) is 0 Å². The number of hydrogen-bond acceptors (Lipinski definition) is 0. The summed E-state index contributed by atoms with van der Waals surface area (Å²) in [6.45, 7) is 7.20. The van der Waals surface area contributed by atoms with Gasteiger partial charge in [-0.25, -0.2) is 0 Å². The van der Waals surface area contributed by atoms with Crippen LogP contribution < -0.4 is 48.0 Å². The van der Waals surface area contributed by atoms with E-state index in [2.05, 4.69) is 51.1 Å². The minimum Gasteiger partial charge on any atom is -1.00 e. The Morgan fingerprint density at radius 3 is 2.33 bits per heavy atom. The average molecular weight is 604 g/mol. The maximum atomic E-state index is 2.53. The Labute approximate surface area is 177 Å². The summed E-state index contributed by atoms with van der Waals surface area (Å²) in [5.74, 6) is -0.347. The van der Waals surface area contributed by atoms with E-state index in [1.54, 1.807) is 16.7 Å². The Bertz CT molecular complexity index is 444. The molecule has 1 aliphatic carbocycles. The van der Waals surface area contributed by atoms with Crippen molar-refractivity contribution in [1.82, 2.24) is 0 Å². The summed E-state index contributed by atoms with van der Waals surface area (Å²) in [4.78, 5) is 0. The van der Waals surface area contributed by atoms with Gasteiger partial charge in [0, 0.05) is 0 Å². The van der Waals surface area contributed by atoms with Crippen LogP contribution in [0.25, 0.3) is 6.08 Å². The van der Waals surface area contributed by atoms with Crippen molar-refractivity contribution in [2.45, 2.75) is 55.7 Å². The number of halogens is 2. The molecule has 0 aliphatic heterocycles. The molecule has 0 saturated heterocycles. The van der Waals surface area contributed by atoms with E-state index in [1.807, 2.05) is 0 Å². The third-order valence-electron chi connectivity index (χ3n) is 4.23. The maximum absolute atomic E-state index is 2.53. The largest absolute Gasteiger partial charge is 1.00 e. The Kier molecular flexibility index (Phi) is 12.8. The predicted molar refractivity (Wildman–Crippen MR) is 84.8 cm³/mol. The zero-order valence-electron chi connectivity index (χ0n) is 13.3. The standard InChI is InChI=1S/C13H15.C4H11Si.2HI.Zr/c1-2-3-6-11-9-12-7-4-5-8-13(12)10-11;1-3-5-4-2;;;/h4-5,7-10H,2-3,6H2,1H3;5H,3-4H2,1-2H3;2*1H;/q;;;;+2/p-2. The molecule has 0 amide bonds. The van der Waals surface area contributed by atoms with E-state index in [-0.39, 0.29) is 76.3 Å². The topological polar surface area (TPSA) is 0 Å². The van der Waals surface area contributed by atoms with E-state index >= 15 is 0 Å². The van der Waals surface area contributed by atoms with Crippen LogP contribution >= 0.6 is 0 Å². The van der Waals surface area contributed by atoms with E-state index in [1.165, 1.54) is 31.4 Å². The van der Waals surface area contributed by atoms with Gasteiger partial charge in [-0.3, -0.25) is 0 Å². The van der Waals surface area contributed by atoms with Crippen LogP contribution in [0.4, 0.5) is 0 Å². The Morgan fingerprint density at radius 1 is 1.05 bits per heavy atom. The van der Waals surface area contributed by atoms with Gasteiger partial charge in [-0.1, -0.05) is 0 Å². The second kappa shape index (κ2) is 12.0. The molecule has 1 aromatic rings. The first kappa shape index (κ1) is 22.5. The Hall–Kier alpha value is 1.52. The molecular weight excluding hydrogens is 577 g/mol. The van der Waals surface area contributed by atoms with Crippen molar-refractivity contribution < 1.29 is 70.3 Å². The molecule has 0 nitrogen and oxygen atoms in total. The summed E-state index contributed by atoms with van der Waals surface area (Å²) in [7, 11) is 0. The molecule has 0 radical (unpaired) electrons. The molecule has 0 saturated carbocycles. The van der Waals surface area contributed by atoms with Crippen LogP contribution in [0.3, 0.4) is 0 Å². The SMILES string of the molecule is CCCCC1=Cc2ccccc2[CH]1[Zr+2][SiH](CC)CC.[I-].[I-]. The summed E-state index contributed by atoms with van der Waals surface area (Å²) < 4.78 is 0.933. The number of hydrogen-bond donors (Lipinski definition) is 0. The maximum Gasteiger partial charge on any atom is -1.00 e. The van der Waals surface area contributed by atoms with Gasteiger partial charge in [0.05, 0.1) is 0 Å². The number of benzene rings is 1. The zero-order valence-corrected chi connectivity index (χ0v) is 21.3. The first-order valence-corrected chi connectivity index (χ1v) is 15.7. The van der Waals surface area contributed by atoms with E-state index in [9.17, 15) is 0 Å². The third kappa shape index (κ3) is 6.15. The molecule has 1 unspecified atom stereocenters. The smallest absolute Gasteiger partial charge is 1.00 e. The molecule has 21 heavy (non-hydrogen) atoms. The number of allylic oxidation sites excluding steroid dienone is 1. The molecule has 1 aliphatic rings. The van der Waals surface area contributed by atoms with Gasteiger partial charge >= 0.3 is 131 Å². The second-order valence-electron chi connectivity index (χ2n) is 5.56. The van der Waals surface area contributed by atoms with Gasteiger partial charge in [0.15, 0.2) is 0 Å². The third-order valence-corrected chi connectivity index (χ3v) is 20.6. The average Bonchev–Trinajstić information content (AvgIpc) is 2.80. The summed E-state index contributed by atoms with van der Waals surface area (Å²) in [5.41, 5.74) is 5.04. The van der Waals surface area contributed by atoms with E-state index < -0.39 is 0 Å². The molecule has 2 rings (SSSR count). The number of rotatable bonds is 7. The van der Waals surface area contributed by atoms with Crippen molar-refractivity contribution in [3.05, 3.63) is 41.0 Å². The summed E-state index contributed by atoms with van der Waals surface area (Å²) in [6, 6.07) is 12.2. The van der Waals surface area contributed by atoms with Crippen LogP contribution in [0.5, 0.6) is 0 Å². The summed E-state index contributed by atoms with van der Waals surface area (Å²) >= 11 is -0.225. The van der Waals surface area contributed by atoms with Crippen LogP contribution in [0.2, 0.25) is 12.1 Å². The minimum absolute atomic E-state index is 0. The van der Waals surface area contributed by atoms with Gasteiger partial charge in [-0.05, 0) is 0 Å². The molecule has 1 atom stereocenters. The van der Waals surface area contributed by atoms with E-state index in [0.29, 0.717) is 0 Å². The molecule has 0 heterocycles. The van der Waals surface area contributed by atoms with Gasteiger partial charge in [-0.15, -0.1) is 0 Å². The van der Waals surface area contributed by atoms with Crippen LogP contribution in [0.15, 0.2) is 29.8 Å². The summed E-state index contributed by atoms with van der Waals surface area (Å²) in [5, 5.41) is 0. The monoisotopic (exact) mass is 602 g/mol. The first-order valence-electron chi connectivity index (χ1n) is 7.85. The van der Waals surface area contributed by atoms with Crippen molar-refractivity contribution in [2.75, 3.05) is 0 Å². The van der Waals surface area contributed by atoms with Gasteiger partial charge < -0.3 is 48.0 Å².